The van der Waals surface area contributed by atoms with Gasteiger partial charge in [0.1, 0.15) is 23.4 Å². The highest BCUT2D eigenvalue weighted by Crippen LogP contribution is 2.45. The van der Waals surface area contributed by atoms with E-state index >= 15 is 0 Å². The van der Waals surface area contributed by atoms with Gasteiger partial charge in [-0.2, -0.15) is 0 Å². The van der Waals surface area contributed by atoms with Crippen LogP contribution < -0.4 is 14.4 Å². The van der Waals surface area contributed by atoms with Crippen molar-refractivity contribution in [3.05, 3.63) is 99.6 Å². The average Bonchev–Trinajstić information content (AvgIpc) is 3.67. The maximum absolute atomic E-state index is 13.6. The van der Waals surface area contributed by atoms with Crippen LogP contribution in [0.5, 0.6) is 11.5 Å². The Morgan fingerprint density at radius 1 is 1.14 bits per heavy atom. The maximum atomic E-state index is 13.6. The summed E-state index contributed by atoms with van der Waals surface area (Å²) in [5, 5.41) is 21.1. The number of halogens is 1. The molecule has 6 rings (SSSR count). The first-order valence-electron chi connectivity index (χ1n) is 13.4. The lowest BCUT2D eigenvalue weighted by Crippen LogP contribution is -2.29. The summed E-state index contributed by atoms with van der Waals surface area (Å²) < 4.78 is 12.1. The molecule has 0 bridgehead atoms. The number of nitrogens with zero attached hydrogens (tertiary/aromatic N) is 3. The van der Waals surface area contributed by atoms with Gasteiger partial charge in [-0.15, -0.1) is 10.2 Å². The number of rotatable bonds is 8. The smallest absolute Gasteiger partial charge is 0.301 e. The topological polar surface area (TPSA) is 102 Å². The van der Waals surface area contributed by atoms with E-state index in [-0.39, 0.29) is 22.6 Å². The summed E-state index contributed by atoms with van der Waals surface area (Å²) in [7, 11) is 0. The third-order valence-electron chi connectivity index (χ3n) is 6.98. The summed E-state index contributed by atoms with van der Waals surface area (Å²) in [6, 6.07) is 19.1. The standard InChI is InChI=1S/C31H26ClN3O5S2/c1-3-39-23-6-4-5-19(15-23)26-25(27(36)20-9-12-24-21(14-20)13-17(2)40-24)28(37)29(38)35(26)30-33-34-31(42-30)41-16-18-7-10-22(32)11-8-18/h4-12,14-15,17,26,36H,3,13,16H2,1-2H3/t17-,26-/m1/s1. The van der Waals surface area contributed by atoms with Crippen LogP contribution in [0.2, 0.25) is 5.02 Å². The number of Topliss-reactive ketones (excluding diaryl/α,β-unsaturated/α-hetero) is 1. The van der Waals surface area contributed by atoms with Gasteiger partial charge >= 0.3 is 5.91 Å². The lowest BCUT2D eigenvalue weighted by Gasteiger charge is -2.23. The van der Waals surface area contributed by atoms with Crippen LogP contribution in [0.3, 0.4) is 0 Å². The molecule has 1 N–H and O–H groups in total. The number of thioether (sulfide) groups is 1. The Balaban J connectivity index is 1.39. The Hall–Kier alpha value is -3.86. The van der Waals surface area contributed by atoms with Gasteiger partial charge < -0.3 is 14.6 Å². The second-order valence-electron chi connectivity index (χ2n) is 9.90. The molecule has 2 aliphatic heterocycles. The molecule has 0 spiro atoms. The highest BCUT2D eigenvalue weighted by atomic mass is 35.5. The molecule has 2 atom stereocenters. The number of anilines is 1. The normalized spacial score (nSPS) is 19.2. The number of hydrogen-bond donors (Lipinski definition) is 1. The first-order chi connectivity index (χ1) is 20.3. The number of ether oxygens (including phenoxy) is 2. The van der Waals surface area contributed by atoms with Crippen LogP contribution in [0.4, 0.5) is 5.13 Å². The van der Waals surface area contributed by atoms with E-state index in [1.54, 1.807) is 36.4 Å². The zero-order valence-corrected chi connectivity index (χ0v) is 25.1. The zero-order valence-electron chi connectivity index (χ0n) is 22.7. The molecule has 8 nitrogen and oxygen atoms in total. The molecule has 11 heteroatoms. The van der Waals surface area contributed by atoms with Gasteiger partial charge in [-0.05, 0) is 73.0 Å². The number of fused-ring (bicyclic) bond motifs is 1. The number of amides is 1. The minimum Gasteiger partial charge on any atom is -0.507 e. The predicted molar refractivity (Wildman–Crippen MR) is 164 cm³/mol. The Morgan fingerprint density at radius 3 is 2.74 bits per heavy atom. The van der Waals surface area contributed by atoms with Crippen molar-refractivity contribution in [1.82, 2.24) is 10.2 Å². The number of aromatic nitrogens is 2. The summed E-state index contributed by atoms with van der Waals surface area (Å²) in [6.45, 7) is 4.30. The van der Waals surface area contributed by atoms with Crippen molar-refractivity contribution in [1.29, 1.82) is 0 Å². The van der Waals surface area contributed by atoms with Gasteiger partial charge in [0.25, 0.3) is 5.78 Å². The van der Waals surface area contributed by atoms with Crippen molar-refractivity contribution in [2.75, 3.05) is 11.5 Å². The third-order valence-corrected chi connectivity index (χ3v) is 9.36. The highest BCUT2D eigenvalue weighted by molar-refractivity contribution is 8.00. The number of ketones is 1. The molecule has 2 aliphatic rings. The Labute approximate surface area is 255 Å². The molecular formula is C31H26ClN3O5S2. The molecule has 42 heavy (non-hydrogen) atoms. The van der Waals surface area contributed by atoms with E-state index in [1.807, 2.05) is 44.2 Å². The van der Waals surface area contributed by atoms with E-state index in [4.69, 9.17) is 21.1 Å². The quantitative estimate of drug-likeness (QED) is 0.0753. The minimum atomic E-state index is -0.934. The molecular weight excluding hydrogens is 594 g/mol. The van der Waals surface area contributed by atoms with E-state index in [0.717, 1.165) is 16.9 Å². The van der Waals surface area contributed by atoms with Crippen molar-refractivity contribution in [2.45, 2.75) is 42.5 Å². The molecule has 1 amide bonds. The maximum Gasteiger partial charge on any atom is 0.301 e. The summed E-state index contributed by atoms with van der Waals surface area (Å²) in [5.74, 6) is 0.123. The van der Waals surface area contributed by atoms with Gasteiger partial charge in [0.15, 0.2) is 4.34 Å². The van der Waals surface area contributed by atoms with Crippen LogP contribution in [0, 0.1) is 0 Å². The van der Waals surface area contributed by atoms with Crippen molar-refractivity contribution in [3.8, 4) is 11.5 Å². The lowest BCUT2D eigenvalue weighted by molar-refractivity contribution is -0.132. The van der Waals surface area contributed by atoms with Crippen LogP contribution in [0.1, 0.15) is 42.1 Å². The number of carbonyl (C=O) groups excluding carboxylic acids is 2. The molecule has 0 unspecified atom stereocenters. The fraction of sp³-hybridized carbons (Fsp3) is 0.226. The van der Waals surface area contributed by atoms with Crippen LogP contribution >= 0.6 is 34.7 Å². The second kappa shape index (κ2) is 11.8. The first kappa shape index (κ1) is 28.3. The minimum absolute atomic E-state index is 0.0217. The van der Waals surface area contributed by atoms with Crippen LogP contribution in [0.25, 0.3) is 5.76 Å². The number of aliphatic hydroxyl groups is 1. The summed E-state index contributed by atoms with van der Waals surface area (Å²) in [5.41, 5.74) is 3.01. The zero-order chi connectivity index (χ0) is 29.4. The summed E-state index contributed by atoms with van der Waals surface area (Å²) in [4.78, 5) is 28.5. The lowest BCUT2D eigenvalue weighted by atomic mass is 9.94. The molecule has 1 saturated heterocycles. The first-order valence-corrected chi connectivity index (χ1v) is 15.5. The molecule has 0 aliphatic carbocycles. The summed E-state index contributed by atoms with van der Waals surface area (Å²) >= 11 is 8.68. The van der Waals surface area contributed by atoms with Gasteiger partial charge in [-0.3, -0.25) is 14.5 Å². The molecule has 0 saturated carbocycles. The molecule has 1 aromatic heterocycles. The van der Waals surface area contributed by atoms with E-state index in [1.165, 1.54) is 28.0 Å². The van der Waals surface area contributed by atoms with Crippen LogP contribution in [0.15, 0.2) is 76.6 Å². The van der Waals surface area contributed by atoms with E-state index < -0.39 is 17.7 Å². The number of hydrogen-bond acceptors (Lipinski definition) is 9. The van der Waals surface area contributed by atoms with Crippen molar-refractivity contribution >= 4 is 57.3 Å². The highest BCUT2D eigenvalue weighted by Gasteiger charge is 2.48. The van der Waals surface area contributed by atoms with Crippen molar-refractivity contribution in [2.24, 2.45) is 0 Å². The number of benzene rings is 3. The van der Waals surface area contributed by atoms with Crippen molar-refractivity contribution < 1.29 is 24.2 Å². The number of aliphatic hydroxyl groups excluding tert-OH is 1. The average molecular weight is 620 g/mol. The Bertz CT molecular complexity index is 1700. The van der Waals surface area contributed by atoms with Crippen LogP contribution in [-0.2, 0) is 21.8 Å². The largest absolute Gasteiger partial charge is 0.507 e. The van der Waals surface area contributed by atoms with Gasteiger partial charge in [0, 0.05) is 22.8 Å². The van der Waals surface area contributed by atoms with Gasteiger partial charge in [0.05, 0.1) is 18.2 Å². The molecule has 4 aromatic rings. The Kier molecular flexibility index (Phi) is 7.94. The van der Waals surface area contributed by atoms with E-state index in [0.29, 0.717) is 45.0 Å². The van der Waals surface area contributed by atoms with E-state index in [2.05, 4.69) is 10.2 Å². The third kappa shape index (κ3) is 5.49. The fourth-order valence-electron chi connectivity index (χ4n) is 5.10. The summed E-state index contributed by atoms with van der Waals surface area (Å²) in [6.07, 6.45) is 0.708. The van der Waals surface area contributed by atoms with Crippen LogP contribution in [-0.4, -0.2) is 39.7 Å². The molecule has 3 heterocycles. The SMILES string of the molecule is CCOc1cccc([C@@H]2C(=C(O)c3ccc4c(c3)C[C@@H](C)O4)C(=O)C(=O)N2c2nnc(SCc3ccc(Cl)cc3)s2)c1. The Morgan fingerprint density at radius 2 is 1.95 bits per heavy atom. The molecule has 214 valence electrons. The second-order valence-corrected chi connectivity index (χ2v) is 12.5. The molecule has 1 fully saturated rings. The van der Waals surface area contributed by atoms with E-state index in [9.17, 15) is 14.7 Å². The molecule has 3 aromatic carbocycles. The van der Waals surface area contributed by atoms with Gasteiger partial charge in [0.2, 0.25) is 5.13 Å². The monoisotopic (exact) mass is 619 g/mol. The predicted octanol–water partition coefficient (Wildman–Crippen LogP) is 6.83. The van der Waals surface area contributed by atoms with Gasteiger partial charge in [-0.1, -0.05) is 59.0 Å². The fourth-order valence-corrected chi connectivity index (χ4v) is 7.04. The molecule has 0 radical (unpaired) electrons. The van der Waals surface area contributed by atoms with Crippen molar-refractivity contribution in [3.63, 3.8) is 0 Å². The number of carbonyl (C=O) groups is 2. The van der Waals surface area contributed by atoms with Gasteiger partial charge in [-0.25, -0.2) is 0 Å².